The van der Waals surface area contributed by atoms with E-state index in [0.29, 0.717) is 6.04 Å². The van der Waals surface area contributed by atoms with Crippen LogP contribution in [0.3, 0.4) is 0 Å². The molecule has 0 aliphatic carbocycles. The zero-order valence-corrected chi connectivity index (χ0v) is 21.1. The molecule has 2 aliphatic rings. The van der Waals surface area contributed by atoms with Gasteiger partial charge in [-0.2, -0.15) is 0 Å². The molecule has 7 heteroatoms. The van der Waals surface area contributed by atoms with Gasteiger partial charge in [-0.3, -0.25) is 20.0 Å². The molecule has 1 atom stereocenters. The number of carboxylic acids is 1. The lowest BCUT2D eigenvalue weighted by atomic mass is 9.96. The summed E-state index contributed by atoms with van der Waals surface area (Å²) < 4.78 is 0. The van der Waals surface area contributed by atoms with E-state index in [4.69, 9.17) is 11.1 Å². The van der Waals surface area contributed by atoms with Gasteiger partial charge in [-0.1, -0.05) is 54.6 Å². The van der Waals surface area contributed by atoms with Crippen LogP contribution < -0.4 is 10.6 Å². The van der Waals surface area contributed by atoms with Crippen molar-refractivity contribution in [2.24, 2.45) is 5.73 Å². The predicted molar refractivity (Wildman–Crippen MR) is 148 cm³/mol. The third kappa shape index (κ3) is 5.68. The van der Waals surface area contributed by atoms with Crippen LogP contribution in [0.1, 0.15) is 30.0 Å². The summed E-state index contributed by atoms with van der Waals surface area (Å²) in [5, 5.41) is 17.7. The summed E-state index contributed by atoms with van der Waals surface area (Å²) in [6, 6.07) is 25.9. The molecule has 2 aliphatic heterocycles. The van der Waals surface area contributed by atoms with Crippen molar-refractivity contribution < 1.29 is 9.90 Å². The topological polar surface area (TPSA) is 96.9 Å². The molecule has 5 rings (SSSR count). The smallest absolute Gasteiger partial charge is 0.325 e. The van der Waals surface area contributed by atoms with Crippen molar-refractivity contribution in [3.05, 3.63) is 90.0 Å². The number of nitrogens with zero attached hydrogens (tertiary/aromatic N) is 3. The number of nitrogen functional groups attached to an aromatic ring is 1. The predicted octanol–water partition coefficient (Wildman–Crippen LogP) is 4.05. The van der Waals surface area contributed by atoms with E-state index in [1.54, 1.807) is 0 Å². The average molecular weight is 498 g/mol. The molecule has 0 aromatic heterocycles. The minimum atomic E-state index is -0.782. The molecule has 0 saturated carbocycles. The average Bonchev–Trinajstić information content (AvgIpc) is 2.94. The number of piperazine rings is 1. The van der Waals surface area contributed by atoms with Gasteiger partial charge in [-0.05, 0) is 53.8 Å². The minimum Gasteiger partial charge on any atom is -0.480 e. The lowest BCUT2D eigenvalue weighted by molar-refractivity contribution is -0.144. The van der Waals surface area contributed by atoms with Crippen LogP contribution in [-0.4, -0.2) is 72.0 Å². The van der Waals surface area contributed by atoms with Gasteiger partial charge in [0, 0.05) is 56.6 Å². The Morgan fingerprint density at radius 3 is 1.97 bits per heavy atom. The first-order valence-corrected chi connectivity index (χ1v) is 13.1. The number of carboxylic acid groups (broad SMARTS) is 1. The maximum absolute atomic E-state index is 12.3. The highest BCUT2D eigenvalue weighted by atomic mass is 16.4. The van der Waals surface area contributed by atoms with Crippen molar-refractivity contribution in [3.8, 4) is 11.1 Å². The van der Waals surface area contributed by atoms with E-state index in [1.165, 1.54) is 5.69 Å². The lowest BCUT2D eigenvalue weighted by Gasteiger charge is -2.44. The fraction of sp³-hybridized carbons (Fsp3) is 0.333. The van der Waals surface area contributed by atoms with Gasteiger partial charge in [-0.25, -0.2) is 0 Å². The second kappa shape index (κ2) is 11.2. The molecule has 0 bridgehead atoms. The van der Waals surface area contributed by atoms with E-state index in [1.807, 2.05) is 66.7 Å². The molecule has 0 radical (unpaired) electrons. The van der Waals surface area contributed by atoms with Gasteiger partial charge in [0.25, 0.3) is 0 Å². The van der Waals surface area contributed by atoms with E-state index < -0.39 is 12.0 Å². The monoisotopic (exact) mass is 497 g/mol. The fourth-order valence-corrected chi connectivity index (χ4v) is 5.70. The number of nitrogens with two attached hydrogens (primary N) is 1. The van der Waals surface area contributed by atoms with Crippen LogP contribution in [0, 0.1) is 5.41 Å². The molecule has 2 heterocycles. The highest BCUT2D eigenvalue weighted by molar-refractivity contribution is 5.95. The molecular weight excluding hydrogens is 462 g/mol. The maximum Gasteiger partial charge on any atom is 0.325 e. The molecular formula is C30H35N5O2. The highest BCUT2D eigenvalue weighted by Crippen LogP contribution is 2.29. The number of benzene rings is 3. The van der Waals surface area contributed by atoms with Crippen molar-refractivity contribution in [2.45, 2.75) is 24.9 Å². The second-order valence-electron chi connectivity index (χ2n) is 9.98. The standard InChI is InChI=1S/C30H35N5O2/c31-29(32)25-10-12-26(13-11-25)33-18-20-34(21-19-33)27-14-16-35(17-15-27)28(30(36)37)24-8-6-23(7-9-24)22-4-2-1-3-5-22/h1-13,27-28H,14-21H2,(H3,31,32)(H,36,37). The van der Waals surface area contributed by atoms with E-state index in [-0.39, 0.29) is 5.84 Å². The van der Waals surface area contributed by atoms with E-state index in [2.05, 4.69) is 26.8 Å². The van der Waals surface area contributed by atoms with Gasteiger partial charge in [0.2, 0.25) is 0 Å². The summed E-state index contributed by atoms with van der Waals surface area (Å²) in [5.74, 6) is -0.688. The first kappa shape index (κ1) is 25.0. The van der Waals surface area contributed by atoms with E-state index >= 15 is 0 Å². The maximum atomic E-state index is 12.3. The third-order valence-electron chi connectivity index (χ3n) is 7.81. The van der Waals surface area contributed by atoms with Crippen molar-refractivity contribution in [1.82, 2.24) is 9.80 Å². The number of hydrogen-bond donors (Lipinski definition) is 3. The summed E-state index contributed by atoms with van der Waals surface area (Å²) >= 11 is 0. The van der Waals surface area contributed by atoms with Crippen LogP contribution in [-0.2, 0) is 4.79 Å². The Hall–Kier alpha value is -3.68. The van der Waals surface area contributed by atoms with Gasteiger partial charge in [0.15, 0.2) is 0 Å². The van der Waals surface area contributed by atoms with Gasteiger partial charge in [0.1, 0.15) is 11.9 Å². The summed E-state index contributed by atoms with van der Waals surface area (Å²) in [5.41, 5.74) is 10.6. The first-order chi connectivity index (χ1) is 18.0. The van der Waals surface area contributed by atoms with Gasteiger partial charge in [-0.15, -0.1) is 0 Å². The summed E-state index contributed by atoms with van der Waals surface area (Å²) in [6.07, 6.45) is 1.97. The molecule has 37 heavy (non-hydrogen) atoms. The highest BCUT2D eigenvalue weighted by Gasteiger charge is 2.33. The fourth-order valence-electron chi connectivity index (χ4n) is 5.70. The molecule has 0 spiro atoms. The Kier molecular flexibility index (Phi) is 7.53. The SMILES string of the molecule is N=C(N)c1ccc(N2CCN(C3CCN(C(C(=O)O)c4ccc(-c5ccccc5)cc4)CC3)CC2)cc1. The van der Waals surface area contributed by atoms with Crippen molar-refractivity contribution in [1.29, 1.82) is 5.41 Å². The molecule has 7 nitrogen and oxygen atoms in total. The van der Waals surface area contributed by atoms with Crippen LogP contribution in [0.2, 0.25) is 0 Å². The first-order valence-electron chi connectivity index (χ1n) is 13.1. The number of hydrogen-bond acceptors (Lipinski definition) is 5. The molecule has 4 N–H and O–H groups in total. The number of likely N-dealkylation sites (tertiary alicyclic amines) is 1. The van der Waals surface area contributed by atoms with Crippen molar-refractivity contribution >= 4 is 17.5 Å². The number of amidine groups is 1. The number of anilines is 1. The Labute approximate surface area is 218 Å². The summed E-state index contributed by atoms with van der Waals surface area (Å²) in [6.45, 7) is 5.50. The molecule has 0 amide bonds. The Morgan fingerprint density at radius 2 is 1.41 bits per heavy atom. The van der Waals surface area contributed by atoms with Crippen LogP contribution in [0.25, 0.3) is 11.1 Å². The van der Waals surface area contributed by atoms with Gasteiger partial charge >= 0.3 is 5.97 Å². The largest absolute Gasteiger partial charge is 0.480 e. The number of nitrogens with one attached hydrogen (secondary N) is 1. The number of carbonyl (C=O) groups is 1. The van der Waals surface area contributed by atoms with Crippen LogP contribution in [0.4, 0.5) is 5.69 Å². The molecule has 1 unspecified atom stereocenters. The molecule has 2 fully saturated rings. The Morgan fingerprint density at radius 1 is 0.811 bits per heavy atom. The Balaban J connectivity index is 1.16. The lowest BCUT2D eigenvalue weighted by Crippen LogP contribution is -2.54. The van der Waals surface area contributed by atoms with Crippen LogP contribution in [0.5, 0.6) is 0 Å². The van der Waals surface area contributed by atoms with Gasteiger partial charge in [0.05, 0.1) is 0 Å². The Bertz CT molecular complexity index is 1200. The third-order valence-corrected chi connectivity index (χ3v) is 7.81. The second-order valence-corrected chi connectivity index (χ2v) is 9.98. The summed E-state index contributed by atoms with van der Waals surface area (Å²) in [7, 11) is 0. The number of rotatable bonds is 7. The van der Waals surface area contributed by atoms with E-state index in [0.717, 1.165) is 74.4 Å². The number of piperidine rings is 1. The van der Waals surface area contributed by atoms with Gasteiger partial charge < -0.3 is 15.7 Å². The van der Waals surface area contributed by atoms with Crippen molar-refractivity contribution in [2.75, 3.05) is 44.2 Å². The molecule has 3 aromatic carbocycles. The molecule has 3 aromatic rings. The van der Waals surface area contributed by atoms with Crippen molar-refractivity contribution in [3.63, 3.8) is 0 Å². The van der Waals surface area contributed by atoms with E-state index in [9.17, 15) is 9.90 Å². The van der Waals surface area contributed by atoms with Crippen LogP contribution in [0.15, 0.2) is 78.9 Å². The molecule has 2 saturated heterocycles. The number of aliphatic carboxylic acids is 1. The minimum absolute atomic E-state index is 0.0945. The summed E-state index contributed by atoms with van der Waals surface area (Å²) in [4.78, 5) is 19.4. The quantitative estimate of drug-likeness (QED) is 0.337. The van der Waals surface area contributed by atoms with Crippen LogP contribution >= 0.6 is 0 Å². The zero-order valence-electron chi connectivity index (χ0n) is 21.1. The molecule has 192 valence electrons. The normalized spacial score (nSPS) is 18.4. The zero-order chi connectivity index (χ0) is 25.8.